The molecule has 108 valence electrons. The number of rotatable bonds is 4. The van der Waals surface area contributed by atoms with Crippen molar-refractivity contribution >= 4 is 10.9 Å². The van der Waals surface area contributed by atoms with Crippen LogP contribution in [0.1, 0.15) is 46.6 Å². The lowest BCUT2D eigenvalue weighted by molar-refractivity contribution is 0.241. The van der Waals surface area contributed by atoms with E-state index >= 15 is 0 Å². The molecule has 2 rings (SSSR count). The van der Waals surface area contributed by atoms with Crippen molar-refractivity contribution in [1.29, 1.82) is 0 Å². The molecule has 0 aliphatic rings. The third-order valence-corrected chi connectivity index (χ3v) is 3.47. The van der Waals surface area contributed by atoms with Gasteiger partial charge in [0.15, 0.2) is 0 Å². The molecule has 0 saturated heterocycles. The van der Waals surface area contributed by atoms with E-state index in [0.29, 0.717) is 5.41 Å². The van der Waals surface area contributed by atoms with Gasteiger partial charge in [-0.25, -0.2) is 0 Å². The summed E-state index contributed by atoms with van der Waals surface area (Å²) in [7, 11) is 0. The van der Waals surface area contributed by atoms with Gasteiger partial charge in [0, 0.05) is 23.7 Å². The molecule has 0 bridgehead atoms. The maximum absolute atomic E-state index is 4.42. The van der Waals surface area contributed by atoms with Crippen molar-refractivity contribution in [2.75, 3.05) is 0 Å². The van der Waals surface area contributed by atoms with E-state index in [1.54, 1.807) is 0 Å². The Balaban J connectivity index is 2.13. The van der Waals surface area contributed by atoms with Gasteiger partial charge in [0.25, 0.3) is 0 Å². The standard InChI is InChI=1S/C18H26N2/c1-17(2,3)13-18(4,5)20-12-14-10-11-19-16-9-7-6-8-15(14)16/h6-11,20H,12-13H2,1-5H3. The molecule has 0 unspecified atom stereocenters. The summed E-state index contributed by atoms with van der Waals surface area (Å²) >= 11 is 0. The van der Waals surface area contributed by atoms with Crippen LogP contribution in [-0.2, 0) is 6.54 Å². The van der Waals surface area contributed by atoms with E-state index < -0.39 is 0 Å². The molecule has 2 nitrogen and oxygen atoms in total. The minimum absolute atomic E-state index is 0.128. The molecule has 2 heteroatoms. The fourth-order valence-electron chi connectivity index (χ4n) is 3.03. The number of pyridine rings is 1. The van der Waals surface area contributed by atoms with Gasteiger partial charge in [-0.15, -0.1) is 0 Å². The summed E-state index contributed by atoms with van der Waals surface area (Å²) in [5, 5.41) is 4.94. The van der Waals surface area contributed by atoms with E-state index in [1.807, 2.05) is 12.3 Å². The lowest BCUT2D eigenvalue weighted by Gasteiger charge is -2.33. The van der Waals surface area contributed by atoms with Gasteiger partial charge >= 0.3 is 0 Å². The molecule has 0 atom stereocenters. The van der Waals surface area contributed by atoms with Gasteiger partial charge < -0.3 is 5.32 Å². The molecule has 0 aliphatic heterocycles. The Labute approximate surface area is 122 Å². The number of fused-ring (bicyclic) bond motifs is 1. The summed E-state index contributed by atoms with van der Waals surface area (Å²) in [5.41, 5.74) is 2.84. The second-order valence-electron chi connectivity index (χ2n) is 7.46. The first-order valence-corrected chi connectivity index (χ1v) is 7.35. The van der Waals surface area contributed by atoms with Gasteiger partial charge in [-0.05, 0) is 43.4 Å². The minimum Gasteiger partial charge on any atom is -0.308 e. The molecule has 0 radical (unpaired) electrons. The molecule has 2 aromatic rings. The lowest BCUT2D eigenvalue weighted by Crippen LogP contribution is -2.41. The fraction of sp³-hybridized carbons (Fsp3) is 0.500. The maximum Gasteiger partial charge on any atom is 0.0705 e. The molecule has 1 N–H and O–H groups in total. The van der Waals surface area contributed by atoms with Crippen LogP contribution in [0.4, 0.5) is 0 Å². The monoisotopic (exact) mass is 270 g/mol. The fourth-order valence-corrected chi connectivity index (χ4v) is 3.03. The Bertz CT molecular complexity index is 574. The Morgan fingerprint density at radius 1 is 1.00 bits per heavy atom. The van der Waals surface area contributed by atoms with Crippen LogP contribution in [0.15, 0.2) is 36.5 Å². The highest BCUT2D eigenvalue weighted by molar-refractivity contribution is 5.81. The third kappa shape index (κ3) is 4.04. The Hall–Kier alpha value is -1.41. The smallest absolute Gasteiger partial charge is 0.0705 e. The van der Waals surface area contributed by atoms with Gasteiger partial charge in [0.2, 0.25) is 0 Å². The number of nitrogens with zero attached hydrogens (tertiary/aromatic N) is 1. The molecule has 0 fully saturated rings. The Morgan fingerprint density at radius 3 is 2.40 bits per heavy atom. The zero-order chi connectivity index (χ0) is 14.8. The Kier molecular flexibility index (Phi) is 4.14. The van der Waals surface area contributed by atoms with Crippen LogP contribution >= 0.6 is 0 Å². The predicted octanol–water partition coefficient (Wildman–Crippen LogP) is 4.54. The highest BCUT2D eigenvalue weighted by Crippen LogP contribution is 2.27. The van der Waals surface area contributed by atoms with E-state index in [-0.39, 0.29) is 5.54 Å². The van der Waals surface area contributed by atoms with Crippen molar-refractivity contribution in [3.8, 4) is 0 Å². The SMILES string of the molecule is CC(C)(C)CC(C)(C)NCc1ccnc2ccccc12. The first-order valence-electron chi connectivity index (χ1n) is 7.35. The third-order valence-electron chi connectivity index (χ3n) is 3.47. The first-order chi connectivity index (χ1) is 9.27. The Morgan fingerprint density at radius 2 is 1.70 bits per heavy atom. The molecule has 0 spiro atoms. The molecule has 1 aromatic carbocycles. The molecule has 1 aromatic heterocycles. The van der Waals surface area contributed by atoms with Crippen LogP contribution in [0, 0.1) is 5.41 Å². The van der Waals surface area contributed by atoms with E-state index in [1.165, 1.54) is 10.9 Å². The van der Waals surface area contributed by atoms with Crippen molar-refractivity contribution in [2.45, 2.75) is 53.1 Å². The second kappa shape index (κ2) is 5.53. The molecule has 0 aliphatic carbocycles. The normalized spacial score (nSPS) is 12.8. The van der Waals surface area contributed by atoms with E-state index in [0.717, 1.165) is 18.5 Å². The largest absolute Gasteiger partial charge is 0.308 e. The summed E-state index contributed by atoms with van der Waals surface area (Å²) in [4.78, 5) is 4.42. The average molecular weight is 270 g/mol. The molecule has 1 heterocycles. The van der Waals surface area contributed by atoms with Crippen LogP contribution in [0.2, 0.25) is 0 Å². The van der Waals surface area contributed by atoms with Gasteiger partial charge in [-0.1, -0.05) is 39.0 Å². The second-order valence-corrected chi connectivity index (χ2v) is 7.46. The molecular formula is C18H26N2. The summed E-state index contributed by atoms with van der Waals surface area (Å²) in [6.45, 7) is 12.3. The van der Waals surface area contributed by atoms with E-state index in [4.69, 9.17) is 0 Å². The molecule has 20 heavy (non-hydrogen) atoms. The first kappa shape index (κ1) is 15.0. The van der Waals surface area contributed by atoms with Crippen molar-refractivity contribution in [2.24, 2.45) is 5.41 Å². The number of hydrogen-bond donors (Lipinski definition) is 1. The maximum atomic E-state index is 4.42. The topological polar surface area (TPSA) is 24.9 Å². The van der Waals surface area contributed by atoms with Crippen LogP contribution in [0.5, 0.6) is 0 Å². The molecular weight excluding hydrogens is 244 g/mol. The number of benzene rings is 1. The van der Waals surface area contributed by atoms with Gasteiger partial charge in [0.1, 0.15) is 0 Å². The predicted molar refractivity (Wildman–Crippen MR) is 86.7 cm³/mol. The van der Waals surface area contributed by atoms with Crippen molar-refractivity contribution in [3.05, 3.63) is 42.1 Å². The van der Waals surface area contributed by atoms with E-state index in [9.17, 15) is 0 Å². The molecule has 0 amide bonds. The van der Waals surface area contributed by atoms with Crippen LogP contribution in [0.25, 0.3) is 10.9 Å². The van der Waals surface area contributed by atoms with Crippen LogP contribution in [-0.4, -0.2) is 10.5 Å². The lowest BCUT2D eigenvalue weighted by atomic mass is 9.81. The zero-order valence-electron chi connectivity index (χ0n) is 13.3. The van der Waals surface area contributed by atoms with Crippen molar-refractivity contribution < 1.29 is 0 Å². The van der Waals surface area contributed by atoms with E-state index in [2.05, 4.69) is 69.2 Å². The summed E-state index contributed by atoms with van der Waals surface area (Å²) < 4.78 is 0. The highest BCUT2D eigenvalue weighted by Gasteiger charge is 2.24. The van der Waals surface area contributed by atoms with Crippen LogP contribution < -0.4 is 5.32 Å². The van der Waals surface area contributed by atoms with Crippen LogP contribution in [0.3, 0.4) is 0 Å². The number of hydrogen-bond acceptors (Lipinski definition) is 2. The highest BCUT2D eigenvalue weighted by atomic mass is 15.0. The minimum atomic E-state index is 0.128. The average Bonchev–Trinajstić information content (AvgIpc) is 2.33. The van der Waals surface area contributed by atoms with Gasteiger partial charge in [0.05, 0.1) is 5.52 Å². The number of nitrogens with one attached hydrogen (secondary N) is 1. The summed E-state index contributed by atoms with van der Waals surface area (Å²) in [5.74, 6) is 0. The van der Waals surface area contributed by atoms with Gasteiger partial charge in [-0.2, -0.15) is 0 Å². The number of aromatic nitrogens is 1. The summed E-state index contributed by atoms with van der Waals surface area (Å²) in [6.07, 6.45) is 3.04. The van der Waals surface area contributed by atoms with Crippen molar-refractivity contribution in [1.82, 2.24) is 10.3 Å². The molecule has 0 saturated carbocycles. The summed E-state index contributed by atoms with van der Waals surface area (Å²) in [6, 6.07) is 10.4. The van der Waals surface area contributed by atoms with Gasteiger partial charge in [-0.3, -0.25) is 4.98 Å². The zero-order valence-corrected chi connectivity index (χ0v) is 13.3. The number of para-hydroxylation sites is 1. The quantitative estimate of drug-likeness (QED) is 0.882. The van der Waals surface area contributed by atoms with Crippen molar-refractivity contribution in [3.63, 3.8) is 0 Å².